The molecule has 1 aromatic rings. The van der Waals surface area contributed by atoms with Crippen LogP contribution in [0.5, 0.6) is 0 Å². The normalized spacial score (nSPS) is 9.56. The fourth-order valence-electron chi connectivity index (χ4n) is 0.645. The molecule has 0 bridgehead atoms. The maximum absolute atomic E-state index is 10.7. The Morgan fingerprint density at radius 3 is 2.67 bits per heavy atom. The van der Waals surface area contributed by atoms with Crippen LogP contribution in [0.1, 0.15) is 22.2 Å². The van der Waals surface area contributed by atoms with Crippen LogP contribution in [0.3, 0.4) is 0 Å². The number of carbonyl (C=O) groups excluding carboxylic acids is 1. The highest BCUT2D eigenvalue weighted by Crippen LogP contribution is 2.15. The summed E-state index contributed by atoms with van der Waals surface area (Å²) in [6.45, 7) is 5.25. The van der Waals surface area contributed by atoms with Crippen LogP contribution < -0.4 is 0 Å². The molecule has 1 radical (unpaired) electrons. The van der Waals surface area contributed by atoms with E-state index in [9.17, 15) is 4.79 Å². The lowest BCUT2D eigenvalue weighted by Crippen LogP contribution is -1.87. The van der Waals surface area contributed by atoms with Crippen molar-refractivity contribution in [2.45, 2.75) is 6.92 Å². The molecule has 0 N–H and O–H groups in total. The summed E-state index contributed by atoms with van der Waals surface area (Å²) in [5.41, 5.74) is 0.840. The molecule has 1 aromatic heterocycles. The van der Waals surface area contributed by atoms with Crippen molar-refractivity contribution in [1.29, 1.82) is 0 Å². The van der Waals surface area contributed by atoms with E-state index in [4.69, 9.17) is 0 Å². The molecule has 1 nitrogen and oxygen atoms in total. The zero-order valence-corrected chi connectivity index (χ0v) is 5.99. The summed E-state index contributed by atoms with van der Waals surface area (Å²) in [7, 11) is 0. The SMILES string of the molecule is [CH2]c1ccsc1C(C)=O. The minimum Gasteiger partial charge on any atom is -0.294 e. The van der Waals surface area contributed by atoms with Crippen molar-refractivity contribution >= 4 is 17.1 Å². The van der Waals surface area contributed by atoms with E-state index in [1.54, 1.807) is 6.92 Å². The number of hydrogen-bond acceptors (Lipinski definition) is 2. The van der Waals surface area contributed by atoms with Gasteiger partial charge in [0.1, 0.15) is 0 Å². The van der Waals surface area contributed by atoms with E-state index < -0.39 is 0 Å². The van der Waals surface area contributed by atoms with E-state index in [-0.39, 0.29) is 5.78 Å². The first-order chi connectivity index (χ1) is 4.22. The Balaban J connectivity index is 3.08. The minimum absolute atomic E-state index is 0.106. The maximum Gasteiger partial charge on any atom is 0.169 e. The Morgan fingerprint density at radius 1 is 1.78 bits per heavy atom. The molecule has 0 fully saturated rings. The van der Waals surface area contributed by atoms with Gasteiger partial charge < -0.3 is 0 Å². The van der Waals surface area contributed by atoms with Crippen LogP contribution in [-0.2, 0) is 0 Å². The third-order valence-corrected chi connectivity index (χ3v) is 2.12. The van der Waals surface area contributed by atoms with Gasteiger partial charge in [0.15, 0.2) is 5.78 Å². The number of ketones is 1. The molecule has 0 atom stereocenters. The van der Waals surface area contributed by atoms with Gasteiger partial charge in [0.25, 0.3) is 0 Å². The molecule has 0 unspecified atom stereocenters. The smallest absolute Gasteiger partial charge is 0.169 e. The van der Waals surface area contributed by atoms with E-state index in [0.29, 0.717) is 0 Å². The minimum atomic E-state index is 0.106. The molecule has 0 aliphatic carbocycles. The largest absolute Gasteiger partial charge is 0.294 e. The number of carbonyl (C=O) groups is 1. The molecular weight excluding hydrogens is 132 g/mol. The number of hydrogen-bond donors (Lipinski definition) is 0. The zero-order valence-electron chi connectivity index (χ0n) is 5.18. The Labute approximate surface area is 58.3 Å². The summed E-state index contributed by atoms with van der Waals surface area (Å²) >= 11 is 1.45. The van der Waals surface area contributed by atoms with Crippen molar-refractivity contribution in [2.24, 2.45) is 0 Å². The highest BCUT2D eigenvalue weighted by atomic mass is 32.1. The molecule has 0 saturated heterocycles. The molecule has 0 spiro atoms. The quantitative estimate of drug-likeness (QED) is 0.545. The molecule has 0 saturated carbocycles. The molecule has 0 aromatic carbocycles. The molecule has 0 amide bonds. The van der Waals surface area contributed by atoms with Crippen LogP contribution in [0.25, 0.3) is 0 Å². The molecule has 0 aliphatic heterocycles. The van der Waals surface area contributed by atoms with E-state index >= 15 is 0 Å². The second-order valence-electron chi connectivity index (χ2n) is 1.83. The maximum atomic E-state index is 10.7. The van der Waals surface area contributed by atoms with E-state index in [0.717, 1.165) is 10.4 Å². The van der Waals surface area contributed by atoms with Crippen LogP contribution >= 0.6 is 11.3 Å². The Hall–Kier alpha value is -0.630. The van der Waals surface area contributed by atoms with Gasteiger partial charge in [0, 0.05) is 0 Å². The van der Waals surface area contributed by atoms with E-state index in [1.165, 1.54) is 11.3 Å². The second kappa shape index (κ2) is 2.31. The fraction of sp³-hybridized carbons (Fsp3) is 0.143. The van der Waals surface area contributed by atoms with Crippen LogP contribution in [-0.4, -0.2) is 5.78 Å². The molecule has 2 heteroatoms. The van der Waals surface area contributed by atoms with Crippen LogP contribution in [0.2, 0.25) is 0 Å². The average Bonchev–Trinajstić information content (AvgIpc) is 2.13. The Bertz CT molecular complexity index is 225. The predicted molar refractivity (Wildman–Crippen MR) is 38.8 cm³/mol. The summed E-state index contributed by atoms with van der Waals surface area (Å²) in [6.07, 6.45) is 0. The van der Waals surface area contributed by atoms with Gasteiger partial charge in [-0.3, -0.25) is 4.79 Å². The van der Waals surface area contributed by atoms with Gasteiger partial charge in [-0.1, -0.05) is 0 Å². The van der Waals surface area contributed by atoms with Gasteiger partial charge in [-0.15, -0.1) is 11.3 Å². The van der Waals surface area contributed by atoms with E-state index in [1.807, 2.05) is 11.4 Å². The van der Waals surface area contributed by atoms with Gasteiger partial charge in [0.05, 0.1) is 4.88 Å². The highest BCUT2D eigenvalue weighted by Gasteiger charge is 2.02. The predicted octanol–water partition coefficient (Wildman–Crippen LogP) is 2.13. The molecule has 1 heterocycles. The van der Waals surface area contributed by atoms with Crippen LogP contribution in [0.4, 0.5) is 0 Å². The fourth-order valence-corrected chi connectivity index (χ4v) is 1.40. The lowest BCUT2D eigenvalue weighted by molar-refractivity contribution is 0.102. The summed E-state index contributed by atoms with van der Waals surface area (Å²) in [5.74, 6) is 0.106. The van der Waals surface area contributed by atoms with Crippen molar-refractivity contribution in [3.63, 3.8) is 0 Å². The lowest BCUT2D eigenvalue weighted by Gasteiger charge is -1.87. The van der Waals surface area contributed by atoms with Gasteiger partial charge in [-0.05, 0) is 30.9 Å². The first kappa shape index (κ1) is 6.49. The van der Waals surface area contributed by atoms with Crippen molar-refractivity contribution in [1.82, 2.24) is 0 Å². The summed E-state index contributed by atoms with van der Waals surface area (Å²) in [6, 6.07) is 1.85. The molecule has 1 rings (SSSR count). The summed E-state index contributed by atoms with van der Waals surface area (Å²) < 4.78 is 0. The highest BCUT2D eigenvalue weighted by molar-refractivity contribution is 7.12. The van der Waals surface area contributed by atoms with Crippen molar-refractivity contribution in [2.75, 3.05) is 0 Å². The van der Waals surface area contributed by atoms with Crippen LogP contribution in [0.15, 0.2) is 11.4 Å². The summed E-state index contributed by atoms with van der Waals surface area (Å²) in [4.78, 5) is 11.5. The van der Waals surface area contributed by atoms with Gasteiger partial charge in [0.2, 0.25) is 0 Å². The zero-order chi connectivity index (χ0) is 6.85. The van der Waals surface area contributed by atoms with Crippen molar-refractivity contribution < 1.29 is 4.79 Å². The van der Waals surface area contributed by atoms with Gasteiger partial charge >= 0.3 is 0 Å². The lowest BCUT2D eigenvalue weighted by atomic mass is 10.2. The van der Waals surface area contributed by atoms with Gasteiger partial charge in [-0.2, -0.15) is 0 Å². The topological polar surface area (TPSA) is 17.1 Å². The molecule has 47 valence electrons. The first-order valence-corrected chi connectivity index (χ1v) is 3.50. The third kappa shape index (κ3) is 1.19. The van der Waals surface area contributed by atoms with Crippen molar-refractivity contribution in [3.8, 4) is 0 Å². The average molecular weight is 139 g/mol. The molecule has 9 heavy (non-hydrogen) atoms. The van der Waals surface area contributed by atoms with Crippen molar-refractivity contribution in [3.05, 3.63) is 28.8 Å². The van der Waals surface area contributed by atoms with Gasteiger partial charge in [-0.25, -0.2) is 0 Å². The van der Waals surface area contributed by atoms with Crippen LogP contribution in [0, 0.1) is 6.92 Å². The Morgan fingerprint density at radius 2 is 2.44 bits per heavy atom. The third-order valence-electron chi connectivity index (χ3n) is 1.07. The van der Waals surface area contributed by atoms with E-state index in [2.05, 4.69) is 6.92 Å². The Kier molecular flexibility index (Phi) is 1.67. The molecular formula is C7H7OS. The first-order valence-electron chi connectivity index (χ1n) is 2.62. The number of rotatable bonds is 1. The number of Topliss-reactive ketones (excluding diaryl/α,β-unsaturated/α-hetero) is 1. The molecule has 0 aliphatic rings. The second-order valence-corrected chi connectivity index (χ2v) is 2.75. The number of thiophene rings is 1. The monoisotopic (exact) mass is 139 g/mol. The summed E-state index contributed by atoms with van der Waals surface area (Å²) in [5, 5.41) is 1.87. The standard InChI is InChI=1S/C7H7OS/c1-5-3-4-9-7(5)6(2)8/h3-4H,1H2,2H3.